The largest absolute Gasteiger partial charge is 0.337 e. The van der Waals surface area contributed by atoms with E-state index in [-0.39, 0.29) is 24.3 Å². The van der Waals surface area contributed by atoms with Crippen LogP contribution in [-0.2, 0) is 11.3 Å². The van der Waals surface area contributed by atoms with Crippen LogP contribution >= 0.6 is 0 Å². The van der Waals surface area contributed by atoms with Gasteiger partial charge in [-0.15, -0.1) is 0 Å². The minimum atomic E-state index is -0.471. The van der Waals surface area contributed by atoms with Gasteiger partial charge in [-0.3, -0.25) is 4.79 Å². The number of anilines is 1. The molecule has 2 heterocycles. The van der Waals surface area contributed by atoms with E-state index in [1.54, 1.807) is 11.9 Å². The van der Waals surface area contributed by atoms with Crippen LogP contribution in [0.2, 0.25) is 0 Å². The van der Waals surface area contributed by atoms with Gasteiger partial charge in [0.05, 0.1) is 6.54 Å². The molecule has 3 amide bonds. The number of nitrogens with zero attached hydrogens (tertiary/aromatic N) is 3. The summed E-state index contributed by atoms with van der Waals surface area (Å²) in [5.74, 6) is 0.332. The minimum absolute atomic E-state index is 0.0385. The third kappa shape index (κ3) is 3.50. The summed E-state index contributed by atoms with van der Waals surface area (Å²) in [4.78, 5) is 29.1. The quantitative estimate of drug-likeness (QED) is 0.889. The molecule has 126 valence electrons. The second-order valence-corrected chi connectivity index (χ2v) is 5.42. The van der Waals surface area contributed by atoms with Crippen molar-refractivity contribution in [3.8, 4) is 0 Å². The van der Waals surface area contributed by atoms with E-state index in [4.69, 9.17) is 4.52 Å². The molecule has 1 fully saturated rings. The van der Waals surface area contributed by atoms with Gasteiger partial charge in [0.15, 0.2) is 5.82 Å². The van der Waals surface area contributed by atoms with Crippen LogP contribution in [-0.4, -0.2) is 34.0 Å². The van der Waals surface area contributed by atoms with E-state index in [0.717, 1.165) is 0 Å². The lowest BCUT2D eigenvalue weighted by atomic mass is 10.2. The van der Waals surface area contributed by atoms with Gasteiger partial charge in [-0.25, -0.2) is 9.18 Å². The first-order valence-electron chi connectivity index (χ1n) is 7.41. The van der Waals surface area contributed by atoms with Gasteiger partial charge in [0.2, 0.25) is 11.8 Å². The minimum Gasteiger partial charge on any atom is -0.337 e. The van der Waals surface area contributed by atoms with E-state index in [0.29, 0.717) is 30.2 Å². The van der Waals surface area contributed by atoms with E-state index in [9.17, 15) is 14.0 Å². The summed E-state index contributed by atoms with van der Waals surface area (Å²) >= 11 is 0. The van der Waals surface area contributed by atoms with Gasteiger partial charge in [0, 0.05) is 19.2 Å². The molecule has 1 aromatic carbocycles. The van der Waals surface area contributed by atoms with Gasteiger partial charge in [0.25, 0.3) is 0 Å². The van der Waals surface area contributed by atoms with Gasteiger partial charge in [-0.2, -0.15) is 4.98 Å². The highest BCUT2D eigenvalue weighted by Gasteiger charge is 2.33. The molecule has 0 unspecified atom stereocenters. The number of rotatable bonds is 4. The summed E-state index contributed by atoms with van der Waals surface area (Å²) in [6.07, 6.45) is 1.09. The first kappa shape index (κ1) is 15.9. The van der Waals surface area contributed by atoms with Gasteiger partial charge in [-0.1, -0.05) is 5.16 Å². The average Bonchev–Trinajstić information content (AvgIpc) is 3.15. The fourth-order valence-electron chi connectivity index (χ4n) is 2.44. The lowest BCUT2D eigenvalue weighted by Gasteiger charge is -2.14. The van der Waals surface area contributed by atoms with Gasteiger partial charge >= 0.3 is 6.03 Å². The van der Waals surface area contributed by atoms with Crippen LogP contribution < -0.4 is 10.6 Å². The molecule has 8 nitrogen and oxygen atoms in total. The average molecular weight is 333 g/mol. The number of nitrogens with one attached hydrogen (secondary N) is 2. The molecule has 2 N–H and O–H groups in total. The topological polar surface area (TPSA) is 100 Å². The van der Waals surface area contributed by atoms with Crippen molar-refractivity contribution in [1.82, 2.24) is 20.4 Å². The number of aromatic nitrogens is 2. The zero-order chi connectivity index (χ0) is 17.1. The van der Waals surface area contributed by atoms with Crippen LogP contribution in [0.3, 0.4) is 0 Å². The Morgan fingerprint density at radius 3 is 2.83 bits per heavy atom. The molecule has 3 rings (SSSR count). The Labute approximate surface area is 137 Å². The lowest BCUT2D eigenvalue weighted by Crippen LogP contribution is -2.28. The molecule has 1 aliphatic rings. The number of amides is 3. The smallest absolute Gasteiger partial charge is 0.319 e. The number of carbonyl (C=O) groups excluding carboxylic acids is 2. The molecule has 1 aromatic heterocycles. The van der Waals surface area contributed by atoms with Crippen molar-refractivity contribution in [2.75, 3.05) is 12.4 Å². The highest BCUT2D eigenvalue weighted by molar-refractivity contribution is 5.89. The maximum Gasteiger partial charge on any atom is 0.319 e. The van der Waals surface area contributed by atoms with Crippen molar-refractivity contribution < 1.29 is 18.5 Å². The SMILES string of the molecule is CN1C(=O)CC[C@H]1c1nc(CNC(=O)Nc2ccc(F)cc2)no1. The highest BCUT2D eigenvalue weighted by Crippen LogP contribution is 2.29. The molecule has 9 heteroatoms. The second kappa shape index (κ2) is 6.65. The van der Waals surface area contributed by atoms with E-state index < -0.39 is 6.03 Å². The predicted molar refractivity (Wildman–Crippen MR) is 81.3 cm³/mol. The number of hydrogen-bond acceptors (Lipinski definition) is 5. The molecule has 24 heavy (non-hydrogen) atoms. The monoisotopic (exact) mass is 333 g/mol. The number of urea groups is 1. The normalized spacial score (nSPS) is 17.2. The zero-order valence-electron chi connectivity index (χ0n) is 13.0. The summed E-state index contributed by atoms with van der Waals surface area (Å²) in [6, 6.07) is 4.72. The number of halogens is 1. The third-order valence-electron chi connectivity index (χ3n) is 3.77. The second-order valence-electron chi connectivity index (χ2n) is 5.42. The van der Waals surface area contributed by atoms with Gasteiger partial charge in [0.1, 0.15) is 11.9 Å². The lowest BCUT2D eigenvalue weighted by molar-refractivity contribution is -0.127. The van der Waals surface area contributed by atoms with E-state index >= 15 is 0 Å². The fraction of sp³-hybridized carbons (Fsp3) is 0.333. The highest BCUT2D eigenvalue weighted by atomic mass is 19.1. The van der Waals surface area contributed by atoms with E-state index in [1.165, 1.54) is 24.3 Å². The standard InChI is InChI=1S/C15H16FN5O3/c1-21-11(6-7-13(21)22)14-19-12(20-24-14)8-17-15(23)18-10-4-2-9(16)3-5-10/h2-5,11H,6-8H2,1H3,(H2,17,18,23)/t11-/m0/s1. The Morgan fingerprint density at radius 1 is 1.42 bits per heavy atom. The molecule has 2 aromatic rings. The number of benzene rings is 1. The van der Waals surface area contributed by atoms with Crippen LogP contribution in [0.25, 0.3) is 0 Å². The molecule has 0 radical (unpaired) electrons. The predicted octanol–water partition coefficient (Wildman–Crippen LogP) is 1.82. The van der Waals surface area contributed by atoms with Gasteiger partial charge in [-0.05, 0) is 30.7 Å². The molecule has 1 atom stereocenters. The molecule has 0 spiro atoms. The summed E-state index contributed by atoms with van der Waals surface area (Å²) in [5.41, 5.74) is 0.466. The third-order valence-corrected chi connectivity index (χ3v) is 3.77. The first-order chi connectivity index (χ1) is 11.5. The Morgan fingerprint density at radius 2 is 2.17 bits per heavy atom. The fourth-order valence-corrected chi connectivity index (χ4v) is 2.44. The molecule has 1 saturated heterocycles. The van der Waals surface area contributed by atoms with Crippen molar-refractivity contribution >= 4 is 17.6 Å². The summed E-state index contributed by atoms with van der Waals surface area (Å²) in [7, 11) is 1.69. The molecular weight excluding hydrogens is 317 g/mol. The maximum atomic E-state index is 12.8. The van der Waals surface area contributed by atoms with Crippen LogP contribution in [0, 0.1) is 5.82 Å². The molecule has 0 aliphatic carbocycles. The van der Waals surface area contributed by atoms with Gasteiger partial charge < -0.3 is 20.1 Å². The molecule has 0 bridgehead atoms. The van der Waals surface area contributed by atoms with Crippen molar-refractivity contribution in [2.24, 2.45) is 0 Å². The Hall–Kier alpha value is -2.97. The van der Waals surface area contributed by atoms with Crippen LogP contribution in [0.15, 0.2) is 28.8 Å². The summed E-state index contributed by atoms with van der Waals surface area (Å²) < 4.78 is 18.0. The molecule has 1 aliphatic heterocycles. The Balaban J connectivity index is 1.52. The summed E-state index contributed by atoms with van der Waals surface area (Å²) in [6.45, 7) is 0.0703. The Bertz CT molecular complexity index is 746. The van der Waals surface area contributed by atoms with Crippen LogP contribution in [0.4, 0.5) is 14.9 Å². The zero-order valence-corrected chi connectivity index (χ0v) is 13.0. The summed E-state index contributed by atoms with van der Waals surface area (Å²) in [5, 5.41) is 8.93. The molecular formula is C15H16FN5O3. The van der Waals surface area contributed by atoms with Crippen molar-refractivity contribution in [3.05, 3.63) is 41.8 Å². The van der Waals surface area contributed by atoms with E-state index in [1.807, 2.05) is 0 Å². The number of carbonyl (C=O) groups is 2. The van der Waals surface area contributed by atoms with Crippen molar-refractivity contribution in [1.29, 1.82) is 0 Å². The maximum absolute atomic E-state index is 12.8. The van der Waals surface area contributed by atoms with E-state index in [2.05, 4.69) is 20.8 Å². The Kier molecular flexibility index (Phi) is 4.41. The van der Waals surface area contributed by atoms with Crippen LogP contribution in [0.1, 0.15) is 30.6 Å². The first-order valence-corrected chi connectivity index (χ1v) is 7.41. The van der Waals surface area contributed by atoms with Crippen molar-refractivity contribution in [3.63, 3.8) is 0 Å². The number of hydrogen-bond donors (Lipinski definition) is 2. The van der Waals surface area contributed by atoms with Crippen LogP contribution in [0.5, 0.6) is 0 Å². The van der Waals surface area contributed by atoms with Crippen molar-refractivity contribution in [2.45, 2.75) is 25.4 Å². The number of likely N-dealkylation sites (tertiary alicyclic amines) is 1. The molecule has 0 saturated carbocycles.